The predicted octanol–water partition coefficient (Wildman–Crippen LogP) is 2.88. The Labute approximate surface area is 94.6 Å². The lowest BCUT2D eigenvalue weighted by Gasteiger charge is -2.13. The second-order valence-corrected chi connectivity index (χ2v) is 4.12. The molecule has 0 aliphatic carbocycles. The third-order valence-corrected chi connectivity index (χ3v) is 2.46. The molecule has 4 heteroatoms. The van der Waals surface area contributed by atoms with Crippen LogP contribution in [0.5, 0.6) is 0 Å². The van der Waals surface area contributed by atoms with Gasteiger partial charge < -0.3 is 11.1 Å². The summed E-state index contributed by atoms with van der Waals surface area (Å²) in [6.45, 7) is 3.43. The first kappa shape index (κ1) is 12.3. The van der Waals surface area contributed by atoms with Crippen LogP contribution >= 0.6 is 11.6 Å². The molecule has 84 valence electrons. The van der Waals surface area contributed by atoms with Gasteiger partial charge in [0.1, 0.15) is 5.82 Å². The van der Waals surface area contributed by atoms with E-state index in [0.29, 0.717) is 29.7 Å². The van der Waals surface area contributed by atoms with Crippen LogP contribution in [0.3, 0.4) is 0 Å². The molecular formula is C11H16ClFN2. The first-order valence-electron chi connectivity index (χ1n) is 5.02. The summed E-state index contributed by atoms with van der Waals surface area (Å²) in [6, 6.07) is 4.48. The number of hydrogen-bond donors (Lipinski definition) is 2. The molecule has 0 aliphatic heterocycles. The minimum absolute atomic E-state index is 0.278. The zero-order valence-corrected chi connectivity index (χ0v) is 9.52. The molecule has 0 aliphatic rings. The smallest absolute Gasteiger partial charge is 0.146 e. The molecule has 0 heterocycles. The van der Waals surface area contributed by atoms with Crippen LogP contribution in [0.1, 0.15) is 13.3 Å². The molecule has 1 rings (SSSR count). The Bertz CT molecular complexity index is 317. The SMILES string of the molecule is CC(CCN)CNc1cc(Cl)ccc1F. The minimum atomic E-state index is -0.278. The van der Waals surface area contributed by atoms with Gasteiger partial charge in [0.25, 0.3) is 0 Å². The Kier molecular flexibility index (Phi) is 4.85. The Hall–Kier alpha value is -0.800. The Morgan fingerprint density at radius 3 is 2.93 bits per heavy atom. The highest BCUT2D eigenvalue weighted by Gasteiger charge is 2.04. The summed E-state index contributed by atoms with van der Waals surface area (Å²) in [5.74, 6) is 0.146. The van der Waals surface area contributed by atoms with Gasteiger partial charge in [0.15, 0.2) is 0 Å². The molecule has 0 bridgehead atoms. The summed E-state index contributed by atoms with van der Waals surface area (Å²) in [5.41, 5.74) is 5.88. The molecule has 1 aromatic rings. The zero-order chi connectivity index (χ0) is 11.3. The minimum Gasteiger partial charge on any atom is -0.382 e. The average molecular weight is 231 g/mol. The molecule has 2 nitrogen and oxygen atoms in total. The van der Waals surface area contributed by atoms with E-state index in [1.54, 1.807) is 6.07 Å². The monoisotopic (exact) mass is 230 g/mol. The summed E-state index contributed by atoms with van der Waals surface area (Å²) >= 11 is 5.77. The highest BCUT2D eigenvalue weighted by atomic mass is 35.5. The van der Waals surface area contributed by atoms with Crippen molar-refractivity contribution in [1.29, 1.82) is 0 Å². The van der Waals surface area contributed by atoms with Crippen LogP contribution in [-0.4, -0.2) is 13.1 Å². The van der Waals surface area contributed by atoms with Gasteiger partial charge in [0, 0.05) is 11.6 Å². The number of hydrogen-bond acceptors (Lipinski definition) is 2. The van der Waals surface area contributed by atoms with Crippen molar-refractivity contribution in [1.82, 2.24) is 0 Å². The number of rotatable bonds is 5. The third kappa shape index (κ3) is 4.06. The van der Waals surface area contributed by atoms with Crippen LogP contribution in [0.4, 0.5) is 10.1 Å². The fourth-order valence-electron chi connectivity index (χ4n) is 1.30. The van der Waals surface area contributed by atoms with E-state index in [1.165, 1.54) is 12.1 Å². The summed E-state index contributed by atoms with van der Waals surface area (Å²) < 4.78 is 13.3. The molecule has 3 N–H and O–H groups in total. The topological polar surface area (TPSA) is 38.0 Å². The molecule has 0 amide bonds. The van der Waals surface area contributed by atoms with E-state index in [1.807, 2.05) is 0 Å². The van der Waals surface area contributed by atoms with E-state index >= 15 is 0 Å². The van der Waals surface area contributed by atoms with Gasteiger partial charge in [0.05, 0.1) is 5.69 Å². The van der Waals surface area contributed by atoms with Crippen molar-refractivity contribution in [2.24, 2.45) is 11.7 Å². The summed E-state index contributed by atoms with van der Waals surface area (Å²) in [6.07, 6.45) is 0.926. The number of nitrogens with two attached hydrogens (primary N) is 1. The predicted molar refractivity (Wildman–Crippen MR) is 62.7 cm³/mol. The van der Waals surface area contributed by atoms with Gasteiger partial charge in [-0.1, -0.05) is 18.5 Å². The van der Waals surface area contributed by atoms with Crippen molar-refractivity contribution in [3.05, 3.63) is 29.0 Å². The zero-order valence-electron chi connectivity index (χ0n) is 8.76. The standard InChI is InChI=1S/C11H16ClFN2/c1-8(4-5-14)7-15-11-6-9(12)2-3-10(11)13/h2-3,6,8,15H,4-5,7,14H2,1H3. The molecule has 0 saturated carbocycles. The van der Waals surface area contributed by atoms with Crippen molar-refractivity contribution in [2.45, 2.75) is 13.3 Å². The van der Waals surface area contributed by atoms with Gasteiger partial charge in [-0.05, 0) is 37.1 Å². The van der Waals surface area contributed by atoms with E-state index < -0.39 is 0 Å². The van der Waals surface area contributed by atoms with Crippen molar-refractivity contribution in [3.63, 3.8) is 0 Å². The van der Waals surface area contributed by atoms with Crippen molar-refractivity contribution < 1.29 is 4.39 Å². The van der Waals surface area contributed by atoms with Crippen LogP contribution < -0.4 is 11.1 Å². The average Bonchev–Trinajstić information content (AvgIpc) is 2.20. The highest BCUT2D eigenvalue weighted by Crippen LogP contribution is 2.19. The van der Waals surface area contributed by atoms with E-state index in [-0.39, 0.29) is 5.82 Å². The van der Waals surface area contributed by atoms with Crippen molar-refractivity contribution >= 4 is 17.3 Å². The van der Waals surface area contributed by atoms with Gasteiger partial charge in [-0.25, -0.2) is 4.39 Å². The fraction of sp³-hybridized carbons (Fsp3) is 0.455. The van der Waals surface area contributed by atoms with Crippen molar-refractivity contribution in [2.75, 3.05) is 18.4 Å². The first-order valence-corrected chi connectivity index (χ1v) is 5.40. The van der Waals surface area contributed by atoms with Crippen LogP contribution in [0.15, 0.2) is 18.2 Å². The largest absolute Gasteiger partial charge is 0.382 e. The van der Waals surface area contributed by atoms with Crippen molar-refractivity contribution in [3.8, 4) is 0 Å². The lowest BCUT2D eigenvalue weighted by molar-refractivity contribution is 0.564. The second-order valence-electron chi connectivity index (χ2n) is 3.69. The van der Waals surface area contributed by atoms with Crippen LogP contribution in [0.2, 0.25) is 5.02 Å². The quantitative estimate of drug-likeness (QED) is 0.817. The maximum absolute atomic E-state index is 13.3. The molecule has 0 saturated heterocycles. The van der Waals surface area contributed by atoms with Gasteiger partial charge in [-0.15, -0.1) is 0 Å². The third-order valence-electron chi connectivity index (χ3n) is 2.23. The number of nitrogens with one attached hydrogen (secondary N) is 1. The molecule has 0 spiro atoms. The van der Waals surface area contributed by atoms with Crippen LogP contribution in [-0.2, 0) is 0 Å². The summed E-state index contributed by atoms with van der Waals surface area (Å²) in [4.78, 5) is 0. The molecule has 1 atom stereocenters. The Morgan fingerprint density at radius 1 is 1.53 bits per heavy atom. The number of benzene rings is 1. The number of halogens is 2. The molecule has 15 heavy (non-hydrogen) atoms. The van der Waals surface area contributed by atoms with E-state index in [2.05, 4.69) is 12.2 Å². The summed E-state index contributed by atoms with van der Waals surface area (Å²) in [7, 11) is 0. The summed E-state index contributed by atoms with van der Waals surface area (Å²) in [5, 5.41) is 3.56. The molecule has 1 aromatic carbocycles. The number of anilines is 1. The lowest BCUT2D eigenvalue weighted by Crippen LogP contribution is -2.15. The van der Waals surface area contributed by atoms with Gasteiger partial charge in [0.2, 0.25) is 0 Å². The van der Waals surface area contributed by atoms with Crippen LogP contribution in [0.25, 0.3) is 0 Å². The normalized spacial score (nSPS) is 12.5. The molecular weight excluding hydrogens is 215 g/mol. The molecule has 1 unspecified atom stereocenters. The first-order chi connectivity index (χ1) is 7.13. The lowest BCUT2D eigenvalue weighted by atomic mass is 10.1. The Morgan fingerprint density at radius 2 is 2.27 bits per heavy atom. The highest BCUT2D eigenvalue weighted by molar-refractivity contribution is 6.30. The van der Waals surface area contributed by atoms with E-state index in [4.69, 9.17) is 17.3 Å². The van der Waals surface area contributed by atoms with Gasteiger partial charge >= 0.3 is 0 Å². The van der Waals surface area contributed by atoms with Crippen LogP contribution in [0, 0.1) is 11.7 Å². The second kappa shape index (κ2) is 5.93. The fourth-order valence-corrected chi connectivity index (χ4v) is 1.48. The molecule has 0 radical (unpaired) electrons. The molecule has 0 fully saturated rings. The van der Waals surface area contributed by atoms with Gasteiger partial charge in [-0.2, -0.15) is 0 Å². The maximum atomic E-state index is 13.3. The molecule has 0 aromatic heterocycles. The van der Waals surface area contributed by atoms with Gasteiger partial charge in [-0.3, -0.25) is 0 Å². The Balaban J connectivity index is 2.53. The van der Waals surface area contributed by atoms with E-state index in [0.717, 1.165) is 6.42 Å². The maximum Gasteiger partial charge on any atom is 0.146 e. The van der Waals surface area contributed by atoms with E-state index in [9.17, 15) is 4.39 Å².